The lowest BCUT2D eigenvalue weighted by Gasteiger charge is -2.34. The molecule has 1 saturated heterocycles. The number of carbonyl (C=O) groups is 1. The molecule has 1 unspecified atom stereocenters. The van der Waals surface area contributed by atoms with E-state index in [9.17, 15) is 4.79 Å². The highest BCUT2D eigenvalue weighted by molar-refractivity contribution is 7.80. The number of hydrogen-bond donors (Lipinski definition) is 2. The van der Waals surface area contributed by atoms with Crippen molar-refractivity contribution in [2.24, 2.45) is 5.73 Å². The van der Waals surface area contributed by atoms with Gasteiger partial charge in [-0.3, -0.25) is 4.79 Å². The molecule has 2 heterocycles. The van der Waals surface area contributed by atoms with Gasteiger partial charge in [0.15, 0.2) is 0 Å². The minimum absolute atomic E-state index is 0.00748. The van der Waals surface area contributed by atoms with E-state index in [1.807, 2.05) is 11.8 Å². The number of nitrogens with two attached hydrogens (primary N) is 1. The Labute approximate surface area is 111 Å². The van der Waals surface area contributed by atoms with E-state index >= 15 is 0 Å². The summed E-state index contributed by atoms with van der Waals surface area (Å²) in [5.74, 6) is 0.509. The lowest BCUT2D eigenvalue weighted by Crippen LogP contribution is -2.55. The second-order valence-electron chi connectivity index (χ2n) is 4.01. The van der Waals surface area contributed by atoms with Crippen molar-refractivity contribution < 1.29 is 4.79 Å². The van der Waals surface area contributed by atoms with Gasteiger partial charge < -0.3 is 16.0 Å². The number of carbonyl (C=O) groups excluding carboxylic acids is 1. The SMILES string of the molecule is CCC1C(=O)NCCN1c1nccc(C(N)=S)n1. The average molecular weight is 265 g/mol. The van der Waals surface area contributed by atoms with Gasteiger partial charge in [0.05, 0.1) is 0 Å². The standard InChI is InChI=1S/C11H15N5OS/c1-2-8-10(17)13-5-6-16(8)11-14-4-3-7(15-11)9(12)18/h3-4,8H,2,5-6H2,1H3,(H2,12,18)(H,13,17). The molecule has 1 aliphatic rings. The molecule has 96 valence electrons. The Hall–Kier alpha value is -1.76. The Morgan fingerprint density at radius 2 is 2.50 bits per heavy atom. The van der Waals surface area contributed by atoms with Gasteiger partial charge in [0, 0.05) is 19.3 Å². The zero-order chi connectivity index (χ0) is 13.1. The van der Waals surface area contributed by atoms with E-state index in [-0.39, 0.29) is 16.9 Å². The zero-order valence-electron chi connectivity index (χ0n) is 10.1. The van der Waals surface area contributed by atoms with Crippen LogP contribution in [0.3, 0.4) is 0 Å². The zero-order valence-corrected chi connectivity index (χ0v) is 10.9. The molecule has 1 fully saturated rings. The van der Waals surface area contributed by atoms with E-state index in [0.717, 1.165) is 0 Å². The van der Waals surface area contributed by atoms with Crippen molar-refractivity contribution in [2.75, 3.05) is 18.0 Å². The van der Waals surface area contributed by atoms with Crippen molar-refractivity contribution in [3.8, 4) is 0 Å². The first-order chi connectivity index (χ1) is 8.63. The van der Waals surface area contributed by atoms with Gasteiger partial charge in [-0.2, -0.15) is 0 Å². The molecule has 1 amide bonds. The summed E-state index contributed by atoms with van der Waals surface area (Å²) in [4.78, 5) is 22.4. The number of nitrogens with one attached hydrogen (secondary N) is 1. The normalized spacial score (nSPS) is 19.5. The first-order valence-electron chi connectivity index (χ1n) is 5.80. The van der Waals surface area contributed by atoms with Crippen molar-refractivity contribution in [1.82, 2.24) is 15.3 Å². The number of thiocarbonyl (C=S) groups is 1. The third-order valence-electron chi connectivity index (χ3n) is 2.87. The maximum atomic E-state index is 11.8. The van der Waals surface area contributed by atoms with Crippen LogP contribution < -0.4 is 16.0 Å². The van der Waals surface area contributed by atoms with Crippen LogP contribution in [0.4, 0.5) is 5.95 Å². The quantitative estimate of drug-likeness (QED) is 0.738. The van der Waals surface area contributed by atoms with Gasteiger partial charge in [-0.25, -0.2) is 9.97 Å². The van der Waals surface area contributed by atoms with Crippen molar-refractivity contribution in [3.05, 3.63) is 18.0 Å². The summed E-state index contributed by atoms with van der Waals surface area (Å²) in [5.41, 5.74) is 6.07. The summed E-state index contributed by atoms with van der Waals surface area (Å²) in [6.07, 6.45) is 2.31. The number of hydrogen-bond acceptors (Lipinski definition) is 5. The average Bonchev–Trinajstić information content (AvgIpc) is 2.38. The maximum Gasteiger partial charge on any atom is 0.242 e. The molecule has 18 heavy (non-hydrogen) atoms. The fourth-order valence-electron chi connectivity index (χ4n) is 1.98. The molecule has 0 radical (unpaired) electrons. The van der Waals surface area contributed by atoms with E-state index in [2.05, 4.69) is 15.3 Å². The first kappa shape index (κ1) is 12.7. The molecule has 0 bridgehead atoms. The molecule has 1 aromatic rings. The first-order valence-corrected chi connectivity index (χ1v) is 6.21. The molecule has 0 saturated carbocycles. The Balaban J connectivity index is 2.31. The summed E-state index contributed by atoms with van der Waals surface area (Å²) in [7, 11) is 0. The molecule has 0 aliphatic carbocycles. The molecular weight excluding hydrogens is 250 g/mol. The largest absolute Gasteiger partial charge is 0.388 e. The molecule has 1 atom stereocenters. The number of amides is 1. The summed E-state index contributed by atoms with van der Waals surface area (Å²) >= 11 is 4.89. The van der Waals surface area contributed by atoms with Crippen LogP contribution in [-0.2, 0) is 4.79 Å². The van der Waals surface area contributed by atoms with Crippen molar-refractivity contribution in [3.63, 3.8) is 0 Å². The van der Waals surface area contributed by atoms with Crippen LogP contribution in [0.1, 0.15) is 19.0 Å². The third kappa shape index (κ3) is 2.40. The molecule has 1 aliphatic heterocycles. The van der Waals surface area contributed by atoms with E-state index in [0.29, 0.717) is 31.2 Å². The van der Waals surface area contributed by atoms with Gasteiger partial charge in [-0.05, 0) is 12.5 Å². The van der Waals surface area contributed by atoms with Gasteiger partial charge >= 0.3 is 0 Å². The molecule has 3 N–H and O–H groups in total. The molecular formula is C11H15N5OS. The molecule has 6 nitrogen and oxygen atoms in total. The van der Waals surface area contributed by atoms with Crippen molar-refractivity contribution in [1.29, 1.82) is 0 Å². The summed E-state index contributed by atoms with van der Waals surface area (Å²) < 4.78 is 0. The number of aromatic nitrogens is 2. The van der Waals surface area contributed by atoms with Gasteiger partial charge in [0.25, 0.3) is 0 Å². The van der Waals surface area contributed by atoms with Crippen LogP contribution in [-0.4, -0.2) is 40.0 Å². The van der Waals surface area contributed by atoms with Crippen LogP contribution >= 0.6 is 12.2 Å². The Bertz CT molecular complexity index is 478. The monoisotopic (exact) mass is 265 g/mol. The number of piperazine rings is 1. The Morgan fingerprint density at radius 3 is 3.17 bits per heavy atom. The molecule has 1 aromatic heterocycles. The molecule has 0 spiro atoms. The second-order valence-corrected chi connectivity index (χ2v) is 4.45. The lowest BCUT2D eigenvalue weighted by atomic mass is 10.1. The predicted molar refractivity (Wildman–Crippen MR) is 72.4 cm³/mol. The maximum absolute atomic E-state index is 11.8. The third-order valence-corrected chi connectivity index (χ3v) is 3.08. The van der Waals surface area contributed by atoms with E-state index in [1.165, 1.54) is 0 Å². The Kier molecular flexibility index (Phi) is 3.71. The van der Waals surface area contributed by atoms with E-state index in [4.69, 9.17) is 18.0 Å². The number of nitrogens with zero attached hydrogens (tertiary/aromatic N) is 3. The minimum Gasteiger partial charge on any atom is -0.388 e. The van der Waals surface area contributed by atoms with Gasteiger partial charge in [-0.1, -0.05) is 19.1 Å². The summed E-state index contributed by atoms with van der Waals surface area (Å²) in [6.45, 7) is 3.24. The van der Waals surface area contributed by atoms with Gasteiger partial charge in [-0.15, -0.1) is 0 Å². The van der Waals surface area contributed by atoms with Crippen LogP contribution in [0, 0.1) is 0 Å². The highest BCUT2D eigenvalue weighted by atomic mass is 32.1. The van der Waals surface area contributed by atoms with Crippen LogP contribution in [0.5, 0.6) is 0 Å². The van der Waals surface area contributed by atoms with E-state index < -0.39 is 0 Å². The van der Waals surface area contributed by atoms with E-state index in [1.54, 1.807) is 12.3 Å². The lowest BCUT2D eigenvalue weighted by molar-refractivity contribution is -0.123. The summed E-state index contributed by atoms with van der Waals surface area (Å²) in [6, 6.07) is 1.43. The Morgan fingerprint density at radius 1 is 1.72 bits per heavy atom. The predicted octanol–water partition coefficient (Wildman–Crippen LogP) is -0.174. The topological polar surface area (TPSA) is 84.1 Å². The van der Waals surface area contributed by atoms with Gasteiger partial charge in [0.2, 0.25) is 11.9 Å². The van der Waals surface area contributed by atoms with Crippen molar-refractivity contribution in [2.45, 2.75) is 19.4 Å². The number of rotatable bonds is 3. The fourth-order valence-corrected chi connectivity index (χ4v) is 2.10. The highest BCUT2D eigenvalue weighted by Crippen LogP contribution is 2.16. The smallest absolute Gasteiger partial charge is 0.242 e. The van der Waals surface area contributed by atoms with Crippen LogP contribution in [0.2, 0.25) is 0 Å². The van der Waals surface area contributed by atoms with Crippen LogP contribution in [0.25, 0.3) is 0 Å². The fraction of sp³-hybridized carbons (Fsp3) is 0.455. The number of anilines is 1. The summed E-state index contributed by atoms with van der Waals surface area (Å²) in [5, 5.41) is 2.83. The highest BCUT2D eigenvalue weighted by Gasteiger charge is 2.29. The van der Waals surface area contributed by atoms with Crippen LogP contribution in [0.15, 0.2) is 12.3 Å². The minimum atomic E-state index is -0.236. The molecule has 2 rings (SSSR count). The van der Waals surface area contributed by atoms with Gasteiger partial charge in [0.1, 0.15) is 16.7 Å². The molecule has 0 aromatic carbocycles. The second kappa shape index (κ2) is 5.26. The van der Waals surface area contributed by atoms with Crippen molar-refractivity contribution >= 4 is 29.1 Å². The molecule has 7 heteroatoms.